The van der Waals surface area contributed by atoms with E-state index in [4.69, 9.17) is 4.98 Å². The van der Waals surface area contributed by atoms with Crippen LogP contribution in [-0.2, 0) is 0 Å². The molecule has 1 heterocycles. The van der Waals surface area contributed by atoms with Crippen LogP contribution in [0.25, 0.3) is 43.4 Å². The fourth-order valence-electron chi connectivity index (χ4n) is 5.44. The van der Waals surface area contributed by atoms with E-state index in [9.17, 15) is 0 Å². The molecule has 0 unspecified atom stereocenters. The Morgan fingerprint density at radius 3 is 1.73 bits per heavy atom. The first kappa shape index (κ1) is 21.3. The van der Waals surface area contributed by atoms with E-state index in [1.165, 1.54) is 43.4 Å². The van der Waals surface area contributed by atoms with Gasteiger partial charge in [-0.1, -0.05) is 109 Å². The van der Waals surface area contributed by atoms with Crippen LogP contribution in [0.4, 0.5) is 17.2 Å². The molecule has 0 fully saturated rings. The normalized spacial score (nSPS) is 11.2. The first-order chi connectivity index (χ1) is 18.4. The zero-order valence-electron chi connectivity index (χ0n) is 20.3. The monoisotopic (exact) mass is 472 g/mol. The summed E-state index contributed by atoms with van der Waals surface area (Å²) in [4.78, 5) is 7.07. The minimum atomic E-state index is 0.891. The number of pyridine rings is 1. The summed E-state index contributed by atoms with van der Waals surface area (Å²) < 4.78 is 0. The second kappa shape index (κ2) is 8.92. The Bertz CT molecular complexity index is 1780. The van der Waals surface area contributed by atoms with Crippen LogP contribution in [0.1, 0.15) is 0 Å². The van der Waals surface area contributed by atoms with E-state index < -0.39 is 0 Å². The van der Waals surface area contributed by atoms with Crippen LogP contribution in [0, 0.1) is 0 Å². The predicted octanol–water partition coefficient (Wildman–Crippen LogP) is 9.68. The number of hydrogen-bond donors (Lipinski definition) is 0. The lowest BCUT2D eigenvalue weighted by Gasteiger charge is -2.28. The Kier molecular flexibility index (Phi) is 5.15. The Hall–Kier alpha value is -4.95. The van der Waals surface area contributed by atoms with Gasteiger partial charge in [-0.15, -0.1) is 0 Å². The van der Waals surface area contributed by atoms with Gasteiger partial charge >= 0.3 is 0 Å². The SMILES string of the molecule is c1ccc(N(c2ccccn2)c2c3ccccc3c(-c3ccc4ccccc4c3)c3ccccc23)cc1. The average Bonchev–Trinajstić information content (AvgIpc) is 2.98. The van der Waals surface area contributed by atoms with Crippen LogP contribution in [0.5, 0.6) is 0 Å². The molecular formula is C35H24N2. The highest BCUT2D eigenvalue weighted by molar-refractivity contribution is 6.22. The van der Waals surface area contributed by atoms with Gasteiger partial charge in [-0.3, -0.25) is 4.90 Å². The minimum absolute atomic E-state index is 0.891. The van der Waals surface area contributed by atoms with Gasteiger partial charge in [-0.05, 0) is 63.0 Å². The van der Waals surface area contributed by atoms with Gasteiger partial charge in [0, 0.05) is 22.7 Å². The number of rotatable bonds is 4. The van der Waals surface area contributed by atoms with E-state index in [2.05, 4.69) is 132 Å². The van der Waals surface area contributed by atoms with Gasteiger partial charge in [0.1, 0.15) is 5.82 Å². The van der Waals surface area contributed by atoms with E-state index in [1.54, 1.807) is 0 Å². The first-order valence-corrected chi connectivity index (χ1v) is 12.6. The summed E-state index contributed by atoms with van der Waals surface area (Å²) in [6.45, 7) is 0. The highest BCUT2D eigenvalue weighted by atomic mass is 15.2. The number of hydrogen-bond acceptors (Lipinski definition) is 2. The van der Waals surface area contributed by atoms with Crippen molar-refractivity contribution in [3.05, 3.63) is 146 Å². The van der Waals surface area contributed by atoms with E-state index in [-0.39, 0.29) is 0 Å². The number of aromatic nitrogens is 1. The molecule has 2 nitrogen and oxygen atoms in total. The highest BCUT2D eigenvalue weighted by Crippen LogP contribution is 2.47. The molecule has 2 heteroatoms. The largest absolute Gasteiger partial charge is 0.294 e. The Morgan fingerprint density at radius 2 is 1.05 bits per heavy atom. The molecule has 174 valence electrons. The number of fused-ring (bicyclic) bond motifs is 3. The Morgan fingerprint density at radius 1 is 0.459 bits per heavy atom. The summed E-state index contributed by atoms with van der Waals surface area (Å²) in [7, 11) is 0. The third-order valence-corrected chi connectivity index (χ3v) is 7.06. The van der Waals surface area contributed by atoms with Crippen LogP contribution in [0.2, 0.25) is 0 Å². The smallest absolute Gasteiger partial charge is 0.137 e. The maximum atomic E-state index is 4.79. The first-order valence-electron chi connectivity index (χ1n) is 12.6. The summed E-state index contributed by atoms with van der Waals surface area (Å²) in [5.41, 5.74) is 4.70. The molecule has 0 N–H and O–H groups in total. The zero-order valence-corrected chi connectivity index (χ0v) is 20.3. The Balaban J connectivity index is 1.61. The van der Waals surface area contributed by atoms with Gasteiger partial charge in [-0.25, -0.2) is 4.98 Å². The molecule has 6 aromatic carbocycles. The highest BCUT2D eigenvalue weighted by Gasteiger charge is 2.22. The fourth-order valence-corrected chi connectivity index (χ4v) is 5.44. The van der Waals surface area contributed by atoms with Crippen molar-refractivity contribution in [2.24, 2.45) is 0 Å². The molecule has 0 spiro atoms. The van der Waals surface area contributed by atoms with Crippen LogP contribution >= 0.6 is 0 Å². The second-order valence-electron chi connectivity index (χ2n) is 9.24. The van der Waals surface area contributed by atoms with Gasteiger partial charge in [0.05, 0.1) is 5.69 Å². The van der Waals surface area contributed by atoms with Crippen LogP contribution in [-0.4, -0.2) is 4.98 Å². The molecule has 7 rings (SSSR count). The lowest BCUT2D eigenvalue weighted by molar-refractivity contribution is 1.19. The fraction of sp³-hybridized carbons (Fsp3) is 0. The van der Waals surface area contributed by atoms with Crippen molar-refractivity contribution in [3.63, 3.8) is 0 Å². The van der Waals surface area contributed by atoms with Crippen molar-refractivity contribution >= 4 is 49.5 Å². The summed E-state index contributed by atoms with van der Waals surface area (Å²) in [5.74, 6) is 0.891. The molecule has 0 atom stereocenters. The number of anilines is 3. The quantitative estimate of drug-likeness (QED) is 0.237. The molecule has 0 radical (unpaired) electrons. The minimum Gasteiger partial charge on any atom is -0.294 e. The number of para-hydroxylation sites is 1. The molecule has 1 aromatic heterocycles. The van der Waals surface area contributed by atoms with Crippen LogP contribution in [0.3, 0.4) is 0 Å². The molecule has 37 heavy (non-hydrogen) atoms. The maximum absolute atomic E-state index is 4.79. The number of benzene rings is 6. The second-order valence-corrected chi connectivity index (χ2v) is 9.24. The van der Waals surface area contributed by atoms with E-state index in [0.29, 0.717) is 0 Å². The van der Waals surface area contributed by atoms with Crippen molar-refractivity contribution in [1.29, 1.82) is 0 Å². The summed E-state index contributed by atoms with van der Waals surface area (Å²) in [6, 6.07) is 49.5. The summed E-state index contributed by atoms with van der Waals surface area (Å²) in [6.07, 6.45) is 1.86. The van der Waals surface area contributed by atoms with Crippen molar-refractivity contribution in [1.82, 2.24) is 4.98 Å². The van der Waals surface area contributed by atoms with Gasteiger partial charge < -0.3 is 0 Å². The van der Waals surface area contributed by atoms with Crippen molar-refractivity contribution in [2.75, 3.05) is 4.90 Å². The molecule has 0 saturated heterocycles. The number of nitrogens with zero attached hydrogens (tertiary/aromatic N) is 2. The van der Waals surface area contributed by atoms with Gasteiger partial charge in [0.2, 0.25) is 0 Å². The maximum Gasteiger partial charge on any atom is 0.137 e. The molecule has 0 aliphatic rings. The third-order valence-electron chi connectivity index (χ3n) is 7.06. The predicted molar refractivity (Wildman–Crippen MR) is 157 cm³/mol. The van der Waals surface area contributed by atoms with Crippen molar-refractivity contribution in [2.45, 2.75) is 0 Å². The molecule has 0 amide bonds. The van der Waals surface area contributed by atoms with E-state index in [1.807, 2.05) is 18.3 Å². The molecule has 0 bridgehead atoms. The molecule has 0 aliphatic carbocycles. The zero-order chi connectivity index (χ0) is 24.6. The standard InChI is InChI=1S/C35H24N2/c1-2-14-28(15-3-1)37(33-20-10-11-23-36-33)35-31-18-8-6-16-29(31)34(30-17-7-9-19-32(30)35)27-22-21-25-12-4-5-13-26(25)24-27/h1-24H. The summed E-state index contributed by atoms with van der Waals surface area (Å²) >= 11 is 0. The van der Waals surface area contributed by atoms with Gasteiger partial charge in [0.25, 0.3) is 0 Å². The Labute approximate surface area is 216 Å². The van der Waals surface area contributed by atoms with Crippen molar-refractivity contribution in [3.8, 4) is 11.1 Å². The molecule has 7 aromatic rings. The lowest BCUT2D eigenvalue weighted by Crippen LogP contribution is -2.12. The third kappa shape index (κ3) is 3.62. The summed E-state index contributed by atoms with van der Waals surface area (Å²) in [5, 5.41) is 7.34. The van der Waals surface area contributed by atoms with E-state index >= 15 is 0 Å². The molecule has 0 aliphatic heterocycles. The lowest BCUT2D eigenvalue weighted by atomic mass is 9.89. The van der Waals surface area contributed by atoms with Gasteiger partial charge in [0.15, 0.2) is 0 Å². The van der Waals surface area contributed by atoms with Crippen molar-refractivity contribution < 1.29 is 0 Å². The topological polar surface area (TPSA) is 16.1 Å². The van der Waals surface area contributed by atoms with Crippen LogP contribution < -0.4 is 4.90 Å². The van der Waals surface area contributed by atoms with E-state index in [0.717, 1.165) is 17.2 Å². The molecular weight excluding hydrogens is 448 g/mol. The molecule has 0 saturated carbocycles. The van der Waals surface area contributed by atoms with Crippen LogP contribution in [0.15, 0.2) is 146 Å². The average molecular weight is 473 g/mol. The van der Waals surface area contributed by atoms with Gasteiger partial charge in [-0.2, -0.15) is 0 Å².